The van der Waals surface area contributed by atoms with Crippen molar-refractivity contribution in [1.82, 2.24) is 10.3 Å². The molecule has 1 aromatic heterocycles. The van der Waals surface area contributed by atoms with Crippen LogP contribution in [0.3, 0.4) is 0 Å². The van der Waals surface area contributed by atoms with Gasteiger partial charge in [0, 0.05) is 15.6 Å². The summed E-state index contributed by atoms with van der Waals surface area (Å²) in [6, 6.07) is 6.20. The van der Waals surface area contributed by atoms with Crippen molar-refractivity contribution in [2.45, 2.75) is 39.8 Å². The molecule has 2 rings (SSSR count). The molecule has 0 spiro atoms. The van der Waals surface area contributed by atoms with Gasteiger partial charge in [-0.25, -0.2) is 4.98 Å². The molecule has 0 saturated heterocycles. The van der Waals surface area contributed by atoms with Crippen LogP contribution < -0.4 is 5.32 Å². The summed E-state index contributed by atoms with van der Waals surface area (Å²) in [6.45, 7) is 9.06. The normalized spacial score (nSPS) is 11.8. The van der Waals surface area contributed by atoms with Gasteiger partial charge in [-0.3, -0.25) is 0 Å². The molecule has 1 heterocycles. The van der Waals surface area contributed by atoms with E-state index in [0.717, 1.165) is 15.8 Å². The van der Waals surface area contributed by atoms with Gasteiger partial charge in [0.15, 0.2) is 5.76 Å². The van der Waals surface area contributed by atoms with E-state index in [0.29, 0.717) is 12.4 Å². The summed E-state index contributed by atoms with van der Waals surface area (Å²) in [4.78, 5) is 4.31. The van der Waals surface area contributed by atoms with Gasteiger partial charge in [-0.1, -0.05) is 15.9 Å². The quantitative estimate of drug-likeness (QED) is 0.915. The zero-order valence-corrected chi connectivity index (χ0v) is 13.3. The number of aryl methyl sites for hydroxylation is 1. The van der Waals surface area contributed by atoms with Crippen LogP contribution in [-0.2, 0) is 6.54 Å². The summed E-state index contributed by atoms with van der Waals surface area (Å²) >= 11 is 3.50. The van der Waals surface area contributed by atoms with Crippen LogP contribution in [0.25, 0.3) is 11.3 Å². The standard InChI is InChI=1S/C15H19BrN2O/c1-10-5-11(7-12(16)6-10)13-8-17-14(19-13)9-18-15(2,3)4/h5-8,18H,9H2,1-4H3. The highest BCUT2D eigenvalue weighted by molar-refractivity contribution is 9.10. The van der Waals surface area contributed by atoms with Gasteiger partial charge in [-0.15, -0.1) is 0 Å². The smallest absolute Gasteiger partial charge is 0.208 e. The monoisotopic (exact) mass is 322 g/mol. The Bertz CT molecular complexity index is 550. The SMILES string of the molecule is Cc1cc(Br)cc(-c2cnc(CNC(C)(C)C)o2)c1. The summed E-state index contributed by atoms with van der Waals surface area (Å²) in [5.41, 5.74) is 2.29. The average molecular weight is 323 g/mol. The van der Waals surface area contributed by atoms with Gasteiger partial charge in [0.2, 0.25) is 5.89 Å². The molecule has 0 aliphatic rings. The number of hydrogen-bond donors (Lipinski definition) is 1. The average Bonchev–Trinajstić information content (AvgIpc) is 2.72. The summed E-state index contributed by atoms with van der Waals surface area (Å²) in [7, 11) is 0. The molecule has 0 unspecified atom stereocenters. The highest BCUT2D eigenvalue weighted by Gasteiger charge is 2.12. The maximum Gasteiger partial charge on any atom is 0.208 e. The molecule has 0 aliphatic heterocycles. The van der Waals surface area contributed by atoms with Crippen molar-refractivity contribution >= 4 is 15.9 Å². The molecule has 0 bridgehead atoms. The van der Waals surface area contributed by atoms with Crippen molar-refractivity contribution in [2.24, 2.45) is 0 Å². The lowest BCUT2D eigenvalue weighted by Crippen LogP contribution is -2.35. The van der Waals surface area contributed by atoms with E-state index in [1.54, 1.807) is 6.20 Å². The Morgan fingerprint density at radius 2 is 2.00 bits per heavy atom. The van der Waals surface area contributed by atoms with E-state index in [9.17, 15) is 0 Å². The minimum atomic E-state index is 0.0565. The Balaban J connectivity index is 2.16. The van der Waals surface area contributed by atoms with E-state index < -0.39 is 0 Å². The third-order valence-corrected chi connectivity index (χ3v) is 3.11. The van der Waals surface area contributed by atoms with Crippen LogP contribution in [0.5, 0.6) is 0 Å². The Morgan fingerprint density at radius 1 is 1.26 bits per heavy atom. The van der Waals surface area contributed by atoms with E-state index in [4.69, 9.17) is 4.42 Å². The van der Waals surface area contributed by atoms with Gasteiger partial charge in [0.1, 0.15) is 0 Å². The molecule has 4 heteroatoms. The molecule has 19 heavy (non-hydrogen) atoms. The van der Waals surface area contributed by atoms with Crippen molar-refractivity contribution in [3.05, 3.63) is 40.3 Å². The van der Waals surface area contributed by atoms with Crippen molar-refractivity contribution in [3.63, 3.8) is 0 Å². The number of benzene rings is 1. The fraction of sp³-hybridized carbons (Fsp3) is 0.400. The molecule has 0 aliphatic carbocycles. The van der Waals surface area contributed by atoms with Crippen LogP contribution in [0, 0.1) is 6.92 Å². The molecule has 0 radical (unpaired) electrons. The molecule has 0 amide bonds. The van der Waals surface area contributed by atoms with Crippen LogP contribution >= 0.6 is 15.9 Å². The van der Waals surface area contributed by atoms with Crippen molar-refractivity contribution in [2.75, 3.05) is 0 Å². The largest absolute Gasteiger partial charge is 0.439 e. The van der Waals surface area contributed by atoms with Gasteiger partial charge in [0.05, 0.1) is 12.7 Å². The topological polar surface area (TPSA) is 38.1 Å². The molecular weight excluding hydrogens is 304 g/mol. The lowest BCUT2D eigenvalue weighted by atomic mass is 10.1. The highest BCUT2D eigenvalue weighted by atomic mass is 79.9. The van der Waals surface area contributed by atoms with Gasteiger partial charge in [0.25, 0.3) is 0 Å². The number of nitrogens with one attached hydrogen (secondary N) is 1. The van der Waals surface area contributed by atoms with Crippen LogP contribution in [-0.4, -0.2) is 10.5 Å². The number of nitrogens with zero attached hydrogens (tertiary/aromatic N) is 1. The second-order valence-corrected chi connectivity index (χ2v) is 6.65. The predicted octanol–water partition coefficient (Wildman–Crippen LogP) is 4.30. The van der Waals surface area contributed by atoms with Gasteiger partial charge < -0.3 is 9.73 Å². The number of oxazole rings is 1. The van der Waals surface area contributed by atoms with Crippen LogP contribution in [0.4, 0.5) is 0 Å². The molecule has 3 nitrogen and oxygen atoms in total. The summed E-state index contributed by atoms with van der Waals surface area (Å²) in [5.74, 6) is 1.51. The second-order valence-electron chi connectivity index (χ2n) is 5.74. The van der Waals surface area contributed by atoms with Gasteiger partial charge in [-0.2, -0.15) is 0 Å². The Labute approximate surface area is 122 Å². The van der Waals surface area contributed by atoms with E-state index in [-0.39, 0.29) is 5.54 Å². The van der Waals surface area contributed by atoms with Crippen LogP contribution in [0.1, 0.15) is 32.2 Å². The fourth-order valence-electron chi connectivity index (χ4n) is 1.74. The Hall–Kier alpha value is -1.13. The zero-order valence-electron chi connectivity index (χ0n) is 11.7. The van der Waals surface area contributed by atoms with Crippen molar-refractivity contribution < 1.29 is 4.42 Å². The first-order chi connectivity index (χ1) is 8.83. The van der Waals surface area contributed by atoms with Crippen LogP contribution in [0.15, 0.2) is 33.3 Å². The van der Waals surface area contributed by atoms with Crippen LogP contribution in [0.2, 0.25) is 0 Å². The summed E-state index contributed by atoms with van der Waals surface area (Å²) in [5, 5.41) is 3.36. The molecule has 0 atom stereocenters. The Kier molecular flexibility index (Phi) is 4.11. The Morgan fingerprint density at radius 3 is 2.63 bits per heavy atom. The molecule has 2 aromatic rings. The molecular formula is C15H19BrN2O. The molecule has 0 fully saturated rings. The van der Waals surface area contributed by atoms with E-state index in [2.05, 4.69) is 66.1 Å². The summed E-state index contributed by atoms with van der Waals surface area (Å²) in [6.07, 6.45) is 1.78. The van der Waals surface area contributed by atoms with Gasteiger partial charge >= 0.3 is 0 Å². The highest BCUT2D eigenvalue weighted by Crippen LogP contribution is 2.25. The third kappa shape index (κ3) is 4.18. The maximum atomic E-state index is 5.78. The number of aromatic nitrogens is 1. The first-order valence-corrected chi connectivity index (χ1v) is 7.10. The first-order valence-electron chi connectivity index (χ1n) is 6.31. The number of rotatable bonds is 3. The molecule has 102 valence electrons. The number of hydrogen-bond acceptors (Lipinski definition) is 3. The minimum absolute atomic E-state index is 0.0565. The van der Waals surface area contributed by atoms with E-state index in [1.165, 1.54) is 5.56 Å². The second kappa shape index (κ2) is 5.47. The molecule has 1 N–H and O–H groups in total. The molecule has 0 saturated carbocycles. The van der Waals surface area contributed by atoms with Crippen molar-refractivity contribution in [3.8, 4) is 11.3 Å². The first kappa shape index (κ1) is 14.3. The number of halogens is 1. The summed E-state index contributed by atoms with van der Waals surface area (Å²) < 4.78 is 6.83. The van der Waals surface area contributed by atoms with E-state index in [1.807, 2.05) is 6.07 Å². The van der Waals surface area contributed by atoms with Crippen molar-refractivity contribution in [1.29, 1.82) is 0 Å². The predicted molar refractivity (Wildman–Crippen MR) is 81.0 cm³/mol. The third-order valence-electron chi connectivity index (χ3n) is 2.65. The molecule has 1 aromatic carbocycles. The lowest BCUT2D eigenvalue weighted by molar-refractivity contribution is 0.383. The maximum absolute atomic E-state index is 5.78. The van der Waals surface area contributed by atoms with E-state index >= 15 is 0 Å². The lowest BCUT2D eigenvalue weighted by Gasteiger charge is -2.18. The minimum Gasteiger partial charge on any atom is -0.439 e. The fourth-order valence-corrected chi connectivity index (χ4v) is 2.35. The van der Waals surface area contributed by atoms with Gasteiger partial charge in [-0.05, 0) is 51.5 Å². The zero-order chi connectivity index (χ0) is 14.0.